The van der Waals surface area contributed by atoms with Crippen LogP contribution in [-0.2, 0) is 27.2 Å². The zero-order valence-corrected chi connectivity index (χ0v) is 20.2. The molecule has 0 saturated carbocycles. The third kappa shape index (κ3) is 4.09. The van der Waals surface area contributed by atoms with Crippen LogP contribution in [0.25, 0.3) is 17.0 Å². The summed E-state index contributed by atoms with van der Waals surface area (Å²) in [7, 11) is 0. The molecule has 9 heteroatoms. The predicted octanol–water partition coefficient (Wildman–Crippen LogP) is 2.41. The topological polar surface area (TPSA) is 91.4 Å². The Morgan fingerprint density at radius 2 is 1.92 bits per heavy atom. The highest BCUT2D eigenvalue weighted by atomic mass is 19.1. The number of hydrogen-bond acceptors (Lipinski definition) is 5. The van der Waals surface area contributed by atoms with Crippen molar-refractivity contribution in [2.75, 3.05) is 13.2 Å². The molecule has 36 heavy (non-hydrogen) atoms. The average Bonchev–Trinajstić information content (AvgIpc) is 3.58. The third-order valence-corrected chi connectivity index (χ3v) is 6.65. The standard InChI is InChI=1S/C27H27FN4O4/c1-3-17-7-5-13-30(15-17)24-23(25(33)31(27(24)35)16-20-8-6-14-36-20)22-21(4-2)29-32(26(22)34)19-11-9-18(28)10-12-19/h5,7,9-13,15,20H,3-4,6,8,14,16H2,1-2H3. The number of carbonyl (C=O) groups excluding carboxylic acids is 2. The zero-order chi connectivity index (χ0) is 25.4. The van der Waals surface area contributed by atoms with Crippen LogP contribution in [0.4, 0.5) is 4.39 Å². The quantitative estimate of drug-likeness (QED) is 0.375. The molecule has 0 aliphatic carbocycles. The van der Waals surface area contributed by atoms with Crippen molar-refractivity contribution in [1.82, 2.24) is 14.7 Å². The summed E-state index contributed by atoms with van der Waals surface area (Å²) >= 11 is 0. The molecule has 2 aliphatic heterocycles. The lowest BCUT2D eigenvalue weighted by Crippen LogP contribution is -2.42. The maximum atomic E-state index is 13.8. The van der Waals surface area contributed by atoms with Crippen molar-refractivity contribution in [2.45, 2.75) is 45.6 Å². The maximum absolute atomic E-state index is 13.8. The Kier molecular flexibility index (Phi) is 6.40. The van der Waals surface area contributed by atoms with Crippen LogP contribution < -0.4 is 9.67 Å². The van der Waals surface area contributed by atoms with Crippen molar-refractivity contribution in [3.63, 3.8) is 0 Å². The van der Waals surface area contributed by atoms with E-state index in [1.807, 2.05) is 26.0 Å². The molecule has 1 aromatic carbocycles. The third-order valence-electron chi connectivity index (χ3n) is 6.65. The number of nitrogens with zero attached hydrogens (tertiary/aromatic N) is 4. The first kappa shape index (κ1) is 23.9. The second-order valence-corrected chi connectivity index (χ2v) is 8.92. The maximum Gasteiger partial charge on any atom is 0.327 e. The van der Waals surface area contributed by atoms with E-state index in [1.165, 1.54) is 29.2 Å². The summed E-state index contributed by atoms with van der Waals surface area (Å²) in [6, 6.07) is 9.13. The molecule has 1 unspecified atom stereocenters. The fraction of sp³-hybridized carbons (Fsp3) is 0.333. The summed E-state index contributed by atoms with van der Waals surface area (Å²) in [5.74, 6) is -1.98. The van der Waals surface area contributed by atoms with Gasteiger partial charge in [-0.2, -0.15) is 9.67 Å². The van der Waals surface area contributed by atoms with Crippen LogP contribution in [0.3, 0.4) is 0 Å². The molecule has 0 spiro atoms. The number of ether oxygens (including phenoxy) is 1. The number of aryl methyl sites for hydroxylation is 2. The van der Waals surface area contributed by atoms with E-state index in [-0.39, 0.29) is 29.5 Å². The minimum absolute atomic E-state index is 0.0338. The van der Waals surface area contributed by atoms with Crippen LogP contribution in [0.15, 0.2) is 48.8 Å². The first-order valence-electron chi connectivity index (χ1n) is 12.2. The molecule has 186 valence electrons. The van der Waals surface area contributed by atoms with Crippen molar-refractivity contribution in [3.05, 3.63) is 71.4 Å². The van der Waals surface area contributed by atoms with E-state index < -0.39 is 23.5 Å². The van der Waals surface area contributed by atoms with E-state index in [0.29, 0.717) is 24.4 Å². The predicted molar refractivity (Wildman–Crippen MR) is 127 cm³/mol. The van der Waals surface area contributed by atoms with E-state index in [2.05, 4.69) is 5.10 Å². The molecular weight excluding hydrogens is 463 g/mol. The summed E-state index contributed by atoms with van der Waals surface area (Å²) in [6.45, 7) is 4.55. The number of benzene rings is 1. The minimum Gasteiger partial charge on any atom is -0.858 e. The Hall–Kier alpha value is -3.85. The van der Waals surface area contributed by atoms with Gasteiger partial charge in [0.15, 0.2) is 12.4 Å². The molecule has 0 N–H and O–H groups in total. The molecule has 1 saturated heterocycles. The lowest BCUT2D eigenvalue weighted by molar-refractivity contribution is -0.577. The van der Waals surface area contributed by atoms with Gasteiger partial charge in [-0.3, -0.25) is 14.5 Å². The fourth-order valence-electron chi connectivity index (χ4n) is 4.76. The molecule has 1 fully saturated rings. The van der Waals surface area contributed by atoms with Crippen molar-refractivity contribution < 1.29 is 28.4 Å². The van der Waals surface area contributed by atoms with E-state index in [0.717, 1.165) is 29.5 Å². The van der Waals surface area contributed by atoms with Gasteiger partial charge in [0, 0.05) is 23.8 Å². The number of imide groups is 1. The van der Waals surface area contributed by atoms with Crippen LogP contribution >= 0.6 is 0 Å². The summed E-state index contributed by atoms with van der Waals surface area (Å²) in [4.78, 5) is 28.7. The van der Waals surface area contributed by atoms with Crippen LogP contribution in [0.5, 0.6) is 5.88 Å². The monoisotopic (exact) mass is 490 g/mol. The molecule has 2 aromatic heterocycles. The smallest absolute Gasteiger partial charge is 0.327 e. The lowest BCUT2D eigenvalue weighted by atomic mass is 10.0. The summed E-state index contributed by atoms with van der Waals surface area (Å²) in [5, 5.41) is 18.1. The minimum atomic E-state index is -0.537. The number of hydrogen-bond donors (Lipinski definition) is 0. The van der Waals surface area contributed by atoms with Gasteiger partial charge in [-0.05, 0) is 61.9 Å². The number of aromatic nitrogens is 3. The zero-order valence-electron chi connectivity index (χ0n) is 20.2. The molecular formula is C27H27FN4O4. The van der Waals surface area contributed by atoms with Gasteiger partial charge >= 0.3 is 5.91 Å². The number of amides is 2. The summed E-state index contributed by atoms with van der Waals surface area (Å²) < 4.78 is 22.0. The normalized spacial score (nSPS) is 18.1. The second kappa shape index (κ2) is 9.66. The molecule has 1 atom stereocenters. The SMILES string of the molecule is CCc1ccc[n+](C2=C(c3c(CC)nn(-c4ccc(F)cc4)c3[O-])C(=O)N(CC3CCCO3)C2=O)c1. The van der Waals surface area contributed by atoms with Crippen LogP contribution in [0.2, 0.25) is 0 Å². The fourth-order valence-corrected chi connectivity index (χ4v) is 4.76. The Morgan fingerprint density at radius 1 is 1.14 bits per heavy atom. The van der Waals surface area contributed by atoms with Crippen LogP contribution in [0, 0.1) is 5.82 Å². The Labute approximate surface area is 208 Å². The van der Waals surface area contributed by atoms with Gasteiger partial charge in [-0.15, -0.1) is 0 Å². The molecule has 8 nitrogen and oxygen atoms in total. The molecule has 2 amide bonds. The summed E-state index contributed by atoms with van der Waals surface area (Å²) in [6.07, 6.45) is 6.01. The van der Waals surface area contributed by atoms with Crippen LogP contribution in [0.1, 0.15) is 43.5 Å². The van der Waals surface area contributed by atoms with Gasteiger partial charge in [-0.25, -0.2) is 9.07 Å². The molecule has 2 aliphatic rings. The second-order valence-electron chi connectivity index (χ2n) is 8.92. The van der Waals surface area contributed by atoms with E-state index in [9.17, 15) is 19.1 Å². The van der Waals surface area contributed by atoms with Gasteiger partial charge in [-0.1, -0.05) is 13.8 Å². The number of pyridine rings is 1. The van der Waals surface area contributed by atoms with Gasteiger partial charge in [0.25, 0.3) is 11.6 Å². The van der Waals surface area contributed by atoms with Gasteiger partial charge < -0.3 is 9.84 Å². The average molecular weight is 491 g/mol. The Balaban J connectivity index is 1.69. The Bertz CT molecular complexity index is 1360. The first-order valence-corrected chi connectivity index (χ1v) is 12.2. The highest BCUT2D eigenvalue weighted by Crippen LogP contribution is 2.37. The largest absolute Gasteiger partial charge is 0.858 e. The van der Waals surface area contributed by atoms with Gasteiger partial charge in [0.05, 0.1) is 24.0 Å². The number of halogens is 1. The number of carbonyl (C=O) groups is 2. The Morgan fingerprint density at radius 3 is 2.58 bits per heavy atom. The molecule has 0 bridgehead atoms. The molecule has 4 heterocycles. The van der Waals surface area contributed by atoms with E-state index >= 15 is 0 Å². The van der Waals surface area contributed by atoms with E-state index in [4.69, 9.17) is 4.74 Å². The van der Waals surface area contributed by atoms with Crippen molar-refractivity contribution in [1.29, 1.82) is 0 Å². The van der Waals surface area contributed by atoms with Crippen molar-refractivity contribution in [3.8, 4) is 11.6 Å². The summed E-state index contributed by atoms with van der Waals surface area (Å²) in [5.41, 5.74) is 1.99. The van der Waals surface area contributed by atoms with Crippen molar-refractivity contribution >= 4 is 23.1 Å². The molecule has 5 rings (SSSR count). The lowest BCUT2D eigenvalue weighted by Gasteiger charge is -2.18. The first-order chi connectivity index (χ1) is 17.4. The molecule has 0 radical (unpaired) electrons. The number of rotatable bonds is 7. The highest BCUT2D eigenvalue weighted by Gasteiger charge is 2.47. The molecule has 3 aromatic rings. The van der Waals surface area contributed by atoms with Gasteiger partial charge in [0.1, 0.15) is 11.4 Å². The van der Waals surface area contributed by atoms with Gasteiger partial charge in [0.2, 0.25) is 0 Å². The highest BCUT2D eigenvalue weighted by molar-refractivity contribution is 6.45. The van der Waals surface area contributed by atoms with Crippen molar-refractivity contribution in [2.24, 2.45) is 0 Å². The van der Waals surface area contributed by atoms with Crippen LogP contribution in [-0.4, -0.2) is 45.8 Å². The van der Waals surface area contributed by atoms with E-state index in [1.54, 1.807) is 17.0 Å².